The second kappa shape index (κ2) is 1.69. The monoisotopic (exact) mass is 115 g/mol. The molecule has 0 radical (unpaired) electrons. The fourth-order valence-corrected chi connectivity index (χ4v) is 1.04. The summed E-state index contributed by atoms with van der Waals surface area (Å²) < 4.78 is 10.4. The average Bonchev–Trinajstić information content (AvgIpc) is 1.92. The molecule has 3 heterocycles. The van der Waals surface area contributed by atoms with Crippen LogP contribution >= 0.6 is 0 Å². The number of morpholine rings is 2. The van der Waals surface area contributed by atoms with Crippen LogP contribution in [-0.4, -0.2) is 32.1 Å². The minimum Gasteiger partial charge on any atom is -0.350 e. The van der Waals surface area contributed by atoms with E-state index in [1.54, 1.807) is 0 Å². The number of rotatable bonds is 0. The van der Waals surface area contributed by atoms with Gasteiger partial charge in [0, 0.05) is 6.54 Å². The summed E-state index contributed by atoms with van der Waals surface area (Å²) in [5.41, 5.74) is 0. The van der Waals surface area contributed by atoms with E-state index in [-0.39, 0.29) is 6.29 Å². The summed E-state index contributed by atoms with van der Waals surface area (Å²) in [7, 11) is 0. The highest BCUT2D eigenvalue weighted by Gasteiger charge is 2.27. The van der Waals surface area contributed by atoms with Gasteiger partial charge in [0.25, 0.3) is 0 Å². The molecule has 8 heavy (non-hydrogen) atoms. The molecule has 0 aromatic rings. The smallest absolute Gasteiger partial charge is 0.170 e. The van der Waals surface area contributed by atoms with Gasteiger partial charge in [-0.05, 0) is 0 Å². The Morgan fingerprint density at radius 1 is 1.25 bits per heavy atom. The quantitative estimate of drug-likeness (QED) is 0.454. The molecule has 0 aromatic heterocycles. The molecule has 0 unspecified atom stereocenters. The second-order valence-corrected chi connectivity index (χ2v) is 2.20. The fraction of sp³-hybridized carbons (Fsp3) is 1.00. The summed E-state index contributed by atoms with van der Waals surface area (Å²) in [6.07, 6.45) is 0.0417. The van der Waals surface area contributed by atoms with Crippen molar-refractivity contribution in [3.8, 4) is 0 Å². The Balaban J connectivity index is 2.03. The molecule has 0 amide bonds. The molecule has 3 saturated heterocycles. The second-order valence-electron chi connectivity index (χ2n) is 2.20. The lowest BCUT2D eigenvalue weighted by atomic mass is 10.2. The highest BCUT2D eigenvalue weighted by atomic mass is 16.7. The topological polar surface area (TPSA) is 30.5 Å². The van der Waals surface area contributed by atoms with Crippen LogP contribution in [0.4, 0.5) is 0 Å². The lowest BCUT2D eigenvalue weighted by Crippen LogP contribution is -2.55. The van der Waals surface area contributed by atoms with Crippen LogP contribution in [0.15, 0.2) is 0 Å². The lowest BCUT2D eigenvalue weighted by Gasteiger charge is -2.36. The molecule has 0 aromatic carbocycles. The minimum absolute atomic E-state index is 0.0417. The van der Waals surface area contributed by atoms with Crippen LogP contribution in [0, 0.1) is 0 Å². The van der Waals surface area contributed by atoms with Gasteiger partial charge in [0.05, 0.1) is 19.3 Å². The van der Waals surface area contributed by atoms with E-state index in [0.29, 0.717) is 6.04 Å². The molecule has 3 aliphatic rings. The van der Waals surface area contributed by atoms with Crippen molar-refractivity contribution in [1.29, 1.82) is 0 Å². The zero-order valence-corrected chi connectivity index (χ0v) is 4.59. The van der Waals surface area contributed by atoms with Crippen molar-refractivity contribution in [3.63, 3.8) is 0 Å². The Morgan fingerprint density at radius 2 is 2.00 bits per heavy atom. The van der Waals surface area contributed by atoms with Crippen LogP contribution in [0.5, 0.6) is 0 Å². The van der Waals surface area contributed by atoms with Crippen LogP contribution in [0.25, 0.3) is 0 Å². The minimum atomic E-state index is 0.0417. The van der Waals surface area contributed by atoms with Gasteiger partial charge in [-0.25, -0.2) is 0 Å². The summed E-state index contributed by atoms with van der Waals surface area (Å²) in [6.45, 7) is 2.51. The Morgan fingerprint density at radius 3 is 2.12 bits per heavy atom. The first kappa shape index (κ1) is 4.73. The first-order chi connectivity index (χ1) is 3.95. The van der Waals surface area contributed by atoms with Crippen molar-refractivity contribution in [1.82, 2.24) is 5.32 Å². The number of fused-ring (bicyclic) bond motifs is 3. The molecule has 3 aliphatic heterocycles. The number of ether oxygens (including phenoxy) is 2. The van der Waals surface area contributed by atoms with E-state index in [1.807, 2.05) is 0 Å². The molecule has 0 saturated carbocycles. The molecule has 3 heteroatoms. The molecule has 0 aliphatic carbocycles. The maximum absolute atomic E-state index is 5.19. The van der Waals surface area contributed by atoms with Crippen LogP contribution in [0.3, 0.4) is 0 Å². The number of hydrogen-bond acceptors (Lipinski definition) is 3. The zero-order chi connectivity index (χ0) is 5.40. The summed E-state index contributed by atoms with van der Waals surface area (Å²) in [5.74, 6) is 0. The average molecular weight is 115 g/mol. The lowest BCUT2D eigenvalue weighted by molar-refractivity contribution is -0.215. The maximum atomic E-state index is 5.19. The Kier molecular flexibility index (Phi) is 0.997. The zero-order valence-electron chi connectivity index (χ0n) is 4.59. The molecule has 46 valence electrons. The third kappa shape index (κ3) is 0.632. The molecule has 0 spiro atoms. The van der Waals surface area contributed by atoms with Gasteiger partial charge in [0.2, 0.25) is 0 Å². The van der Waals surface area contributed by atoms with Gasteiger partial charge in [-0.2, -0.15) is 0 Å². The van der Waals surface area contributed by atoms with Gasteiger partial charge in [0.15, 0.2) is 6.29 Å². The summed E-state index contributed by atoms with van der Waals surface area (Å²) in [5, 5.41) is 3.27. The van der Waals surface area contributed by atoms with E-state index in [1.165, 1.54) is 0 Å². The Bertz CT molecular complexity index is 65.4. The first-order valence-corrected chi connectivity index (χ1v) is 2.92. The van der Waals surface area contributed by atoms with E-state index in [9.17, 15) is 0 Å². The normalized spacial score (nSPS) is 45.0. The van der Waals surface area contributed by atoms with Gasteiger partial charge in [-0.15, -0.1) is 0 Å². The van der Waals surface area contributed by atoms with Crippen molar-refractivity contribution < 1.29 is 9.47 Å². The summed E-state index contributed by atoms with van der Waals surface area (Å²) in [6, 6.07) is 0.458. The third-order valence-corrected chi connectivity index (χ3v) is 1.54. The highest BCUT2D eigenvalue weighted by Crippen LogP contribution is 2.09. The van der Waals surface area contributed by atoms with Gasteiger partial charge in [0.1, 0.15) is 0 Å². The van der Waals surface area contributed by atoms with E-state index in [2.05, 4.69) is 5.32 Å². The van der Waals surface area contributed by atoms with Crippen LogP contribution in [0.1, 0.15) is 0 Å². The summed E-state index contributed by atoms with van der Waals surface area (Å²) >= 11 is 0. The maximum Gasteiger partial charge on any atom is 0.170 e. The van der Waals surface area contributed by atoms with Crippen molar-refractivity contribution >= 4 is 0 Å². The van der Waals surface area contributed by atoms with Crippen molar-refractivity contribution in [3.05, 3.63) is 0 Å². The SMILES string of the molecule is C1OC2CNC1CO2. The Hall–Kier alpha value is -0.120. The molecule has 2 bridgehead atoms. The number of nitrogens with one attached hydrogen (secondary N) is 1. The molecule has 0 atom stereocenters. The largest absolute Gasteiger partial charge is 0.350 e. The van der Waals surface area contributed by atoms with Crippen molar-refractivity contribution in [2.45, 2.75) is 12.3 Å². The van der Waals surface area contributed by atoms with Crippen molar-refractivity contribution in [2.24, 2.45) is 0 Å². The molecular formula is C5H9NO2. The predicted molar refractivity (Wildman–Crippen MR) is 27.5 cm³/mol. The fourth-order valence-electron chi connectivity index (χ4n) is 1.04. The van der Waals surface area contributed by atoms with Gasteiger partial charge in [-0.1, -0.05) is 0 Å². The van der Waals surface area contributed by atoms with E-state index in [0.717, 1.165) is 19.8 Å². The van der Waals surface area contributed by atoms with Crippen LogP contribution in [-0.2, 0) is 9.47 Å². The van der Waals surface area contributed by atoms with E-state index in [4.69, 9.17) is 9.47 Å². The molecule has 3 nitrogen and oxygen atoms in total. The molecule has 1 N–H and O–H groups in total. The van der Waals surface area contributed by atoms with Crippen LogP contribution in [0.2, 0.25) is 0 Å². The van der Waals surface area contributed by atoms with Gasteiger partial charge >= 0.3 is 0 Å². The highest BCUT2D eigenvalue weighted by molar-refractivity contribution is 4.76. The molecule has 3 fully saturated rings. The number of hydrogen-bond donors (Lipinski definition) is 1. The molecule has 3 rings (SSSR count). The third-order valence-electron chi connectivity index (χ3n) is 1.54. The van der Waals surface area contributed by atoms with Gasteiger partial charge < -0.3 is 14.8 Å². The van der Waals surface area contributed by atoms with Crippen molar-refractivity contribution in [2.75, 3.05) is 19.8 Å². The predicted octanol–water partition coefficient (Wildman–Crippen LogP) is -0.669. The van der Waals surface area contributed by atoms with E-state index < -0.39 is 0 Å². The first-order valence-electron chi connectivity index (χ1n) is 2.92. The summed E-state index contributed by atoms with van der Waals surface area (Å²) in [4.78, 5) is 0. The molecular weight excluding hydrogens is 106 g/mol. The standard InChI is InChI=1S/C5H9NO2/c1-5-7-2-4(6-1)3-8-5/h4-6H,1-3H2. The van der Waals surface area contributed by atoms with Gasteiger partial charge in [-0.3, -0.25) is 0 Å². The van der Waals surface area contributed by atoms with E-state index >= 15 is 0 Å². The van der Waals surface area contributed by atoms with Crippen LogP contribution < -0.4 is 5.32 Å². The Labute approximate surface area is 48.0 Å².